The van der Waals surface area contributed by atoms with E-state index in [4.69, 9.17) is 9.15 Å². The fraction of sp³-hybridized carbons (Fsp3) is 0.379. The molecule has 2 aromatic carbocycles. The Labute approximate surface area is 223 Å². The van der Waals surface area contributed by atoms with Gasteiger partial charge in [0, 0.05) is 38.4 Å². The minimum atomic E-state index is -0.336. The smallest absolute Gasteiger partial charge is 0.322 e. The van der Waals surface area contributed by atoms with Crippen LogP contribution < -0.4 is 5.32 Å². The molecule has 0 atom stereocenters. The van der Waals surface area contributed by atoms with E-state index < -0.39 is 0 Å². The molecular weight excluding hydrogens is 487 g/mol. The van der Waals surface area contributed by atoms with Crippen molar-refractivity contribution >= 4 is 17.6 Å². The van der Waals surface area contributed by atoms with Crippen LogP contribution in [0.2, 0.25) is 0 Å². The number of urea groups is 1. The molecule has 1 aliphatic heterocycles. The number of anilines is 1. The summed E-state index contributed by atoms with van der Waals surface area (Å²) in [6, 6.07) is 16.9. The molecule has 0 bridgehead atoms. The Balaban J connectivity index is 1.46. The second-order valence-electron chi connectivity index (χ2n) is 9.48. The average molecular weight is 523 g/mol. The van der Waals surface area contributed by atoms with Crippen molar-refractivity contribution in [2.75, 3.05) is 51.3 Å². The first-order valence-electron chi connectivity index (χ1n) is 12.9. The number of furan rings is 1. The summed E-state index contributed by atoms with van der Waals surface area (Å²) in [5.41, 5.74) is 2.50. The molecule has 38 heavy (non-hydrogen) atoms. The fourth-order valence-corrected chi connectivity index (χ4v) is 4.38. The van der Waals surface area contributed by atoms with Crippen molar-refractivity contribution < 1.29 is 23.1 Å². The average Bonchev–Trinajstić information content (AvgIpc) is 3.43. The van der Waals surface area contributed by atoms with E-state index in [1.807, 2.05) is 31.2 Å². The third kappa shape index (κ3) is 8.43. The molecule has 2 heterocycles. The standard InChI is InChI=1S/C29H35FN4O4/c1-23-5-2-6-26(19-23)31-29(36)33(13-4-12-32-14-17-37-18-15-32)22-28(35)34(21-27-7-3-16-38-27)20-24-8-10-25(30)11-9-24/h2-3,5-11,16,19H,4,12-15,17-18,20-22H2,1H3,(H,31,36). The van der Waals surface area contributed by atoms with E-state index in [0.29, 0.717) is 31.2 Å². The van der Waals surface area contributed by atoms with Crippen LogP contribution in [0.25, 0.3) is 0 Å². The summed E-state index contributed by atoms with van der Waals surface area (Å²) in [5.74, 6) is 0.0666. The van der Waals surface area contributed by atoms with Crippen molar-refractivity contribution in [3.63, 3.8) is 0 Å². The van der Waals surface area contributed by atoms with Crippen molar-refractivity contribution in [1.29, 1.82) is 0 Å². The quantitative estimate of drug-likeness (QED) is 0.401. The van der Waals surface area contributed by atoms with Gasteiger partial charge in [-0.25, -0.2) is 9.18 Å². The van der Waals surface area contributed by atoms with Crippen molar-refractivity contribution in [3.8, 4) is 0 Å². The van der Waals surface area contributed by atoms with E-state index in [0.717, 1.165) is 37.2 Å². The zero-order chi connectivity index (χ0) is 26.7. The Bertz CT molecular complexity index is 1160. The molecule has 8 nitrogen and oxygen atoms in total. The number of morpholine rings is 1. The normalized spacial score (nSPS) is 13.7. The zero-order valence-corrected chi connectivity index (χ0v) is 21.8. The topological polar surface area (TPSA) is 78.3 Å². The summed E-state index contributed by atoms with van der Waals surface area (Å²) < 4.78 is 24.4. The molecule has 0 unspecified atom stereocenters. The molecule has 1 saturated heterocycles. The van der Waals surface area contributed by atoms with Crippen LogP contribution in [0.3, 0.4) is 0 Å². The number of hydrogen-bond acceptors (Lipinski definition) is 5. The van der Waals surface area contributed by atoms with Gasteiger partial charge in [-0.1, -0.05) is 24.3 Å². The van der Waals surface area contributed by atoms with Crippen molar-refractivity contribution in [2.45, 2.75) is 26.4 Å². The first-order chi connectivity index (χ1) is 18.5. The van der Waals surface area contributed by atoms with E-state index in [1.54, 1.807) is 40.3 Å². The van der Waals surface area contributed by atoms with Gasteiger partial charge in [0.2, 0.25) is 5.91 Å². The molecule has 3 amide bonds. The van der Waals surface area contributed by atoms with E-state index in [2.05, 4.69) is 10.2 Å². The summed E-state index contributed by atoms with van der Waals surface area (Å²) in [5, 5.41) is 2.94. The maximum Gasteiger partial charge on any atom is 0.322 e. The summed E-state index contributed by atoms with van der Waals surface area (Å²) >= 11 is 0. The second kappa shape index (κ2) is 13.7. The van der Waals surface area contributed by atoms with Crippen LogP contribution >= 0.6 is 0 Å². The molecule has 0 spiro atoms. The van der Waals surface area contributed by atoms with Gasteiger partial charge in [0.05, 0.1) is 26.0 Å². The summed E-state index contributed by atoms with van der Waals surface area (Å²) in [4.78, 5) is 32.4. The number of carbonyl (C=O) groups excluding carboxylic acids is 2. The lowest BCUT2D eigenvalue weighted by molar-refractivity contribution is -0.133. The summed E-state index contributed by atoms with van der Waals surface area (Å²) in [6.45, 7) is 6.76. The number of carbonyl (C=O) groups is 2. The highest BCUT2D eigenvalue weighted by Gasteiger charge is 2.23. The van der Waals surface area contributed by atoms with Gasteiger partial charge in [-0.2, -0.15) is 0 Å². The van der Waals surface area contributed by atoms with E-state index in [9.17, 15) is 14.0 Å². The highest BCUT2D eigenvalue weighted by molar-refractivity contribution is 5.92. The van der Waals surface area contributed by atoms with Gasteiger partial charge >= 0.3 is 6.03 Å². The van der Waals surface area contributed by atoms with E-state index >= 15 is 0 Å². The van der Waals surface area contributed by atoms with Crippen molar-refractivity contribution in [1.82, 2.24) is 14.7 Å². The van der Waals surface area contributed by atoms with Gasteiger partial charge < -0.3 is 24.3 Å². The van der Waals surface area contributed by atoms with Gasteiger partial charge in [-0.15, -0.1) is 0 Å². The number of amides is 3. The lowest BCUT2D eigenvalue weighted by Gasteiger charge is -2.30. The molecule has 1 aliphatic rings. The van der Waals surface area contributed by atoms with Crippen molar-refractivity contribution in [3.05, 3.63) is 89.6 Å². The number of hydrogen-bond donors (Lipinski definition) is 1. The molecule has 0 aliphatic carbocycles. The van der Waals surface area contributed by atoms with Crippen LogP contribution in [0.1, 0.15) is 23.3 Å². The molecular formula is C29H35FN4O4. The van der Waals surface area contributed by atoms with Crippen LogP contribution in [0.5, 0.6) is 0 Å². The third-order valence-electron chi connectivity index (χ3n) is 6.45. The number of halogens is 1. The Morgan fingerprint density at radius 3 is 2.50 bits per heavy atom. The number of ether oxygens (including phenoxy) is 1. The number of benzene rings is 2. The molecule has 0 saturated carbocycles. The van der Waals surface area contributed by atoms with Crippen LogP contribution in [-0.4, -0.2) is 72.6 Å². The minimum Gasteiger partial charge on any atom is -0.467 e. The van der Waals surface area contributed by atoms with Crippen LogP contribution in [0.4, 0.5) is 14.9 Å². The Kier molecular flexibility index (Phi) is 9.89. The predicted octanol–water partition coefficient (Wildman–Crippen LogP) is 4.51. The Morgan fingerprint density at radius 2 is 1.79 bits per heavy atom. The van der Waals surface area contributed by atoms with Crippen LogP contribution in [0.15, 0.2) is 71.3 Å². The van der Waals surface area contributed by atoms with Crippen molar-refractivity contribution in [2.24, 2.45) is 0 Å². The third-order valence-corrected chi connectivity index (χ3v) is 6.45. The number of nitrogens with zero attached hydrogens (tertiary/aromatic N) is 3. The first kappa shape index (κ1) is 27.3. The SMILES string of the molecule is Cc1cccc(NC(=O)N(CCCN2CCOCC2)CC(=O)N(Cc2ccc(F)cc2)Cc2ccco2)c1. The highest BCUT2D eigenvalue weighted by atomic mass is 19.1. The Morgan fingerprint density at radius 1 is 1.00 bits per heavy atom. The first-order valence-corrected chi connectivity index (χ1v) is 12.9. The molecule has 1 fully saturated rings. The van der Waals surface area contributed by atoms with Gasteiger partial charge in [0.25, 0.3) is 0 Å². The highest BCUT2D eigenvalue weighted by Crippen LogP contribution is 2.15. The largest absolute Gasteiger partial charge is 0.467 e. The molecule has 9 heteroatoms. The maximum atomic E-state index is 13.6. The monoisotopic (exact) mass is 522 g/mol. The van der Waals surface area contributed by atoms with Gasteiger partial charge in [0.15, 0.2) is 0 Å². The van der Waals surface area contributed by atoms with Crippen LogP contribution in [-0.2, 0) is 22.6 Å². The summed E-state index contributed by atoms with van der Waals surface area (Å²) in [6.07, 6.45) is 2.29. The van der Waals surface area contributed by atoms with Gasteiger partial charge in [-0.3, -0.25) is 9.69 Å². The number of aryl methyl sites for hydroxylation is 1. The molecule has 1 N–H and O–H groups in total. The van der Waals surface area contributed by atoms with Gasteiger partial charge in [0.1, 0.15) is 18.1 Å². The Hall–Kier alpha value is -3.69. The maximum absolute atomic E-state index is 13.6. The zero-order valence-electron chi connectivity index (χ0n) is 21.8. The predicted molar refractivity (Wildman–Crippen MR) is 143 cm³/mol. The lowest BCUT2D eigenvalue weighted by atomic mass is 10.2. The summed E-state index contributed by atoms with van der Waals surface area (Å²) in [7, 11) is 0. The molecule has 1 aromatic heterocycles. The second-order valence-corrected chi connectivity index (χ2v) is 9.48. The van der Waals surface area contributed by atoms with E-state index in [-0.39, 0.29) is 37.4 Å². The number of nitrogens with one attached hydrogen (secondary N) is 1. The minimum absolute atomic E-state index is 0.0946. The fourth-order valence-electron chi connectivity index (χ4n) is 4.38. The molecule has 4 rings (SSSR count). The van der Waals surface area contributed by atoms with Gasteiger partial charge in [-0.05, 0) is 60.9 Å². The lowest BCUT2D eigenvalue weighted by Crippen LogP contribution is -2.45. The molecule has 0 radical (unpaired) electrons. The van der Waals surface area contributed by atoms with Crippen LogP contribution in [0, 0.1) is 12.7 Å². The molecule has 202 valence electrons. The number of rotatable bonds is 11. The van der Waals surface area contributed by atoms with E-state index in [1.165, 1.54) is 12.1 Å². The molecule has 3 aromatic rings.